The first-order chi connectivity index (χ1) is 13.8. The third-order valence-electron chi connectivity index (χ3n) is 4.56. The molecule has 2 aromatic carbocycles. The van der Waals surface area contributed by atoms with E-state index in [1.54, 1.807) is 30.3 Å². The van der Waals surface area contributed by atoms with E-state index >= 15 is 0 Å². The number of carbonyl (C=O) groups is 1. The van der Waals surface area contributed by atoms with Crippen molar-refractivity contribution in [1.29, 1.82) is 0 Å². The van der Waals surface area contributed by atoms with E-state index in [1.807, 2.05) is 32.9 Å². The van der Waals surface area contributed by atoms with Crippen molar-refractivity contribution in [2.45, 2.75) is 39.3 Å². The fraction of sp³-hybridized carbons (Fsp3) is 0.286. The number of nitrogens with zero attached hydrogens (tertiary/aromatic N) is 2. The van der Waals surface area contributed by atoms with Crippen LogP contribution in [-0.4, -0.2) is 21.6 Å². The van der Waals surface area contributed by atoms with Gasteiger partial charge in [0.05, 0.1) is 17.1 Å². The zero-order valence-corrected chi connectivity index (χ0v) is 17.9. The van der Waals surface area contributed by atoms with Crippen molar-refractivity contribution in [3.63, 3.8) is 0 Å². The summed E-state index contributed by atoms with van der Waals surface area (Å²) in [5.41, 5.74) is 1.70. The van der Waals surface area contributed by atoms with Gasteiger partial charge in [0, 0.05) is 21.8 Å². The summed E-state index contributed by atoms with van der Waals surface area (Å²) in [6, 6.07) is 12.4. The predicted octanol–water partition coefficient (Wildman–Crippen LogP) is 5.57. The summed E-state index contributed by atoms with van der Waals surface area (Å²) in [5, 5.41) is 11.1. The molecule has 3 rings (SSSR count). The molecule has 152 valence electrons. The van der Waals surface area contributed by atoms with E-state index in [9.17, 15) is 4.79 Å². The van der Waals surface area contributed by atoms with Crippen molar-refractivity contribution in [3.05, 3.63) is 64.0 Å². The largest absolute Gasteiger partial charge is 0.376 e. The second kappa shape index (κ2) is 8.84. The van der Waals surface area contributed by atoms with Gasteiger partial charge in [0.15, 0.2) is 0 Å². The summed E-state index contributed by atoms with van der Waals surface area (Å²) in [4.78, 5) is 16.8. The van der Waals surface area contributed by atoms with Crippen molar-refractivity contribution in [2.75, 3.05) is 5.32 Å². The minimum absolute atomic E-state index is 0.196. The van der Waals surface area contributed by atoms with Gasteiger partial charge in [-0.15, -0.1) is 0 Å². The molecule has 0 saturated carbocycles. The molecule has 0 radical (unpaired) electrons. The number of anilines is 1. The van der Waals surface area contributed by atoms with Crippen LogP contribution >= 0.6 is 23.2 Å². The Bertz CT molecular complexity index is 1000. The average molecular weight is 433 g/mol. The lowest BCUT2D eigenvalue weighted by atomic mass is 10.0. The molecule has 0 atom stereocenters. The molecule has 2 N–H and O–H groups in total. The van der Waals surface area contributed by atoms with E-state index in [-0.39, 0.29) is 11.4 Å². The monoisotopic (exact) mass is 432 g/mol. The molecule has 1 aromatic heterocycles. The van der Waals surface area contributed by atoms with E-state index in [2.05, 4.69) is 20.8 Å². The highest BCUT2D eigenvalue weighted by atomic mass is 35.5. The lowest BCUT2D eigenvalue weighted by Crippen LogP contribution is -2.42. The number of hydrogen-bond acceptors (Lipinski definition) is 5. The number of rotatable bonds is 7. The zero-order chi connectivity index (χ0) is 21.0. The van der Waals surface area contributed by atoms with E-state index in [4.69, 9.17) is 27.7 Å². The molecule has 0 spiro atoms. The Balaban J connectivity index is 1.64. The van der Waals surface area contributed by atoms with Crippen molar-refractivity contribution < 1.29 is 9.32 Å². The standard InChI is InChI=1S/C21H22Cl2N4O2/c1-4-21(2,3)26-20(28)16-10-9-15(11-17(16)23)24-12-18-25-19(27-29-18)13-5-7-14(22)8-6-13/h5-11,24H,4,12H2,1-3H3,(H,26,28). The summed E-state index contributed by atoms with van der Waals surface area (Å²) in [6.45, 7) is 6.28. The van der Waals surface area contributed by atoms with E-state index in [0.29, 0.717) is 33.9 Å². The Kier molecular flexibility index (Phi) is 6.45. The number of aromatic nitrogens is 2. The van der Waals surface area contributed by atoms with Gasteiger partial charge < -0.3 is 15.2 Å². The number of carbonyl (C=O) groups excluding carboxylic acids is 1. The summed E-state index contributed by atoms with van der Waals surface area (Å²) in [7, 11) is 0. The van der Waals surface area contributed by atoms with Crippen LogP contribution in [0.4, 0.5) is 5.69 Å². The molecule has 0 bridgehead atoms. The zero-order valence-electron chi connectivity index (χ0n) is 16.4. The summed E-state index contributed by atoms with van der Waals surface area (Å²) < 4.78 is 5.28. The third-order valence-corrected chi connectivity index (χ3v) is 5.13. The van der Waals surface area contributed by atoms with Crippen LogP contribution in [0.5, 0.6) is 0 Å². The number of benzene rings is 2. The molecule has 8 heteroatoms. The summed E-state index contributed by atoms with van der Waals surface area (Å²) >= 11 is 12.2. The molecule has 1 heterocycles. The maximum Gasteiger partial charge on any atom is 0.253 e. The minimum Gasteiger partial charge on any atom is -0.376 e. The van der Waals surface area contributed by atoms with Crippen LogP contribution in [0, 0.1) is 0 Å². The maximum absolute atomic E-state index is 12.4. The lowest BCUT2D eigenvalue weighted by molar-refractivity contribution is 0.0911. The van der Waals surface area contributed by atoms with Crippen LogP contribution in [0.1, 0.15) is 43.4 Å². The van der Waals surface area contributed by atoms with Crippen LogP contribution in [0.25, 0.3) is 11.4 Å². The molecule has 1 amide bonds. The minimum atomic E-state index is -0.295. The normalized spacial score (nSPS) is 11.3. The molecule has 0 aliphatic carbocycles. The number of halogens is 2. The fourth-order valence-corrected chi connectivity index (χ4v) is 2.89. The van der Waals surface area contributed by atoms with Gasteiger partial charge in [-0.05, 0) is 62.7 Å². The topological polar surface area (TPSA) is 80.0 Å². The van der Waals surface area contributed by atoms with Crippen molar-refractivity contribution >= 4 is 34.8 Å². The first kappa shape index (κ1) is 21.1. The van der Waals surface area contributed by atoms with Crippen LogP contribution in [0.2, 0.25) is 10.0 Å². The van der Waals surface area contributed by atoms with E-state index in [0.717, 1.165) is 17.7 Å². The predicted molar refractivity (Wildman–Crippen MR) is 115 cm³/mol. The lowest BCUT2D eigenvalue weighted by Gasteiger charge is -2.24. The number of hydrogen-bond donors (Lipinski definition) is 2. The second-order valence-electron chi connectivity index (χ2n) is 7.26. The highest BCUT2D eigenvalue weighted by molar-refractivity contribution is 6.34. The molecule has 6 nitrogen and oxygen atoms in total. The quantitative estimate of drug-likeness (QED) is 0.509. The molecule has 0 saturated heterocycles. The Labute approximate surface area is 179 Å². The molecule has 29 heavy (non-hydrogen) atoms. The van der Waals surface area contributed by atoms with Gasteiger partial charge in [0.25, 0.3) is 5.91 Å². The SMILES string of the molecule is CCC(C)(C)NC(=O)c1ccc(NCc2nc(-c3ccc(Cl)cc3)no2)cc1Cl. The molecule has 0 unspecified atom stereocenters. The van der Waals surface area contributed by atoms with Crippen LogP contribution in [0.15, 0.2) is 47.0 Å². The van der Waals surface area contributed by atoms with Crippen molar-refractivity contribution in [3.8, 4) is 11.4 Å². The molecular weight excluding hydrogens is 411 g/mol. The van der Waals surface area contributed by atoms with Gasteiger partial charge in [-0.25, -0.2) is 0 Å². The van der Waals surface area contributed by atoms with E-state index in [1.165, 1.54) is 0 Å². The van der Waals surface area contributed by atoms with E-state index < -0.39 is 0 Å². The highest BCUT2D eigenvalue weighted by Crippen LogP contribution is 2.23. The average Bonchev–Trinajstić information content (AvgIpc) is 3.15. The Hall–Kier alpha value is -2.57. The fourth-order valence-electron chi connectivity index (χ4n) is 2.49. The Morgan fingerprint density at radius 1 is 1.14 bits per heavy atom. The van der Waals surface area contributed by atoms with Gasteiger partial charge >= 0.3 is 0 Å². The molecule has 3 aromatic rings. The summed E-state index contributed by atoms with van der Waals surface area (Å²) in [5.74, 6) is 0.720. The second-order valence-corrected chi connectivity index (χ2v) is 8.10. The Morgan fingerprint density at radius 2 is 1.86 bits per heavy atom. The molecule has 0 aliphatic heterocycles. The van der Waals surface area contributed by atoms with Crippen LogP contribution in [0.3, 0.4) is 0 Å². The maximum atomic E-state index is 12.4. The third kappa shape index (κ3) is 5.49. The van der Waals surface area contributed by atoms with Gasteiger partial charge in [-0.2, -0.15) is 4.98 Å². The van der Waals surface area contributed by atoms with Crippen LogP contribution < -0.4 is 10.6 Å². The molecule has 0 fully saturated rings. The molecular formula is C21H22Cl2N4O2. The first-order valence-corrected chi connectivity index (χ1v) is 9.97. The summed E-state index contributed by atoms with van der Waals surface area (Å²) in [6.07, 6.45) is 0.818. The van der Waals surface area contributed by atoms with Gasteiger partial charge in [-0.1, -0.05) is 35.3 Å². The smallest absolute Gasteiger partial charge is 0.253 e. The van der Waals surface area contributed by atoms with Gasteiger partial charge in [-0.3, -0.25) is 4.79 Å². The number of nitrogens with one attached hydrogen (secondary N) is 2. The van der Waals surface area contributed by atoms with Gasteiger partial charge in [0.1, 0.15) is 0 Å². The van der Waals surface area contributed by atoms with Gasteiger partial charge in [0.2, 0.25) is 11.7 Å². The highest BCUT2D eigenvalue weighted by Gasteiger charge is 2.20. The van der Waals surface area contributed by atoms with Crippen molar-refractivity contribution in [2.24, 2.45) is 0 Å². The van der Waals surface area contributed by atoms with Crippen molar-refractivity contribution in [1.82, 2.24) is 15.5 Å². The molecule has 0 aliphatic rings. The first-order valence-electron chi connectivity index (χ1n) is 9.22. The van der Waals surface area contributed by atoms with Crippen LogP contribution in [-0.2, 0) is 6.54 Å². The number of amides is 1. The Morgan fingerprint density at radius 3 is 2.52 bits per heavy atom.